The van der Waals surface area contributed by atoms with E-state index < -0.39 is 11.9 Å². The van der Waals surface area contributed by atoms with Crippen LogP contribution in [0.15, 0.2) is 36.4 Å². The van der Waals surface area contributed by atoms with Crippen molar-refractivity contribution >= 4 is 57.7 Å². The van der Waals surface area contributed by atoms with E-state index in [-0.39, 0.29) is 11.8 Å². The first-order valence-electron chi connectivity index (χ1n) is 11.6. The normalized spacial score (nSPS) is 12.3. The highest BCUT2D eigenvalue weighted by atomic mass is 127. The number of amides is 2. The molecular formula is C28H27IN2O6. The molecule has 0 bridgehead atoms. The van der Waals surface area contributed by atoms with Crippen molar-refractivity contribution in [1.82, 2.24) is 0 Å². The predicted molar refractivity (Wildman–Crippen MR) is 149 cm³/mol. The van der Waals surface area contributed by atoms with E-state index in [1.807, 2.05) is 30.9 Å². The predicted octanol–water partition coefficient (Wildman–Crippen LogP) is 3.72. The summed E-state index contributed by atoms with van der Waals surface area (Å²) in [4.78, 5) is 46.4. The lowest BCUT2D eigenvalue weighted by Gasteiger charge is -2.16. The maximum Gasteiger partial charge on any atom is 0.382 e. The Hall–Kier alpha value is -3.83. The molecule has 0 aromatic heterocycles. The Kier molecular flexibility index (Phi) is 11.2. The summed E-state index contributed by atoms with van der Waals surface area (Å²) in [6, 6.07) is 11.7. The van der Waals surface area contributed by atoms with Gasteiger partial charge in [0.15, 0.2) is 0 Å². The summed E-state index contributed by atoms with van der Waals surface area (Å²) in [5, 5.41) is 16.0. The van der Waals surface area contributed by atoms with Crippen molar-refractivity contribution < 1.29 is 29.4 Å². The van der Waals surface area contributed by atoms with Crippen LogP contribution in [-0.4, -0.2) is 47.1 Å². The molecule has 0 saturated carbocycles. The number of hydrogen-bond donors (Lipinski definition) is 2. The molecule has 2 aromatic rings. The number of hydrogen-bond acceptors (Lipinski definition) is 4. The Morgan fingerprint density at radius 2 is 1.35 bits per heavy atom. The summed E-state index contributed by atoms with van der Waals surface area (Å²) >= 11 is 2.30. The van der Waals surface area contributed by atoms with Gasteiger partial charge in [-0.05, 0) is 83.0 Å². The first-order valence-corrected chi connectivity index (χ1v) is 12.7. The van der Waals surface area contributed by atoms with E-state index in [9.17, 15) is 14.4 Å². The number of nitrogens with zero attached hydrogens (tertiary/aromatic N) is 2. The van der Waals surface area contributed by atoms with Crippen molar-refractivity contribution in [3.63, 3.8) is 0 Å². The zero-order valence-electron chi connectivity index (χ0n) is 20.6. The number of halogens is 1. The van der Waals surface area contributed by atoms with Crippen LogP contribution >= 0.6 is 22.6 Å². The van der Waals surface area contributed by atoms with Crippen molar-refractivity contribution in [1.29, 1.82) is 0 Å². The topological polar surface area (TPSA) is 115 Å². The zero-order chi connectivity index (χ0) is 27.5. The summed E-state index contributed by atoms with van der Waals surface area (Å²) in [7, 11) is 0. The largest absolute Gasteiger partial charge is 0.472 e. The third kappa shape index (κ3) is 8.36. The van der Waals surface area contributed by atoms with Crippen LogP contribution < -0.4 is 9.80 Å². The van der Waals surface area contributed by atoms with Gasteiger partial charge >= 0.3 is 11.9 Å². The number of benzene rings is 2. The number of carbonyl (C=O) groups excluding carboxylic acids is 2. The van der Waals surface area contributed by atoms with Gasteiger partial charge in [0.2, 0.25) is 11.8 Å². The van der Waals surface area contributed by atoms with Gasteiger partial charge in [-0.2, -0.15) is 0 Å². The smallest absolute Gasteiger partial charge is 0.382 e. The van der Waals surface area contributed by atoms with Crippen molar-refractivity contribution in [2.24, 2.45) is 0 Å². The number of aliphatic carboxylic acids is 2. The van der Waals surface area contributed by atoms with Gasteiger partial charge in [0.25, 0.3) is 0 Å². The molecule has 2 aromatic carbocycles. The number of carboxylic acids is 2. The van der Waals surface area contributed by atoms with Crippen LogP contribution in [0.5, 0.6) is 0 Å². The monoisotopic (exact) mass is 614 g/mol. The molecule has 0 spiro atoms. The third-order valence-corrected chi connectivity index (χ3v) is 6.23. The summed E-state index contributed by atoms with van der Waals surface area (Å²) < 4.78 is 1.24. The van der Waals surface area contributed by atoms with Crippen LogP contribution in [0.2, 0.25) is 0 Å². The maximum absolute atomic E-state index is 11.7. The number of carbonyl (C=O) groups is 4. The molecule has 192 valence electrons. The van der Waals surface area contributed by atoms with Gasteiger partial charge in [-0.1, -0.05) is 19.8 Å². The van der Waals surface area contributed by atoms with Crippen LogP contribution in [0.25, 0.3) is 0 Å². The second-order valence-corrected chi connectivity index (χ2v) is 9.16. The van der Waals surface area contributed by atoms with E-state index >= 15 is 0 Å². The molecule has 2 aliphatic heterocycles. The minimum absolute atomic E-state index is 0.109. The molecule has 0 aliphatic carbocycles. The molecule has 2 heterocycles. The standard InChI is InChI=1S/C14H13NO3.C11H12INO.C3H2O2/c1-2-13(16)15-8-7-11-9-10(3-5-12(11)15)4-6-14(17)18;1-2-11(14)13-6-5-8-7-9(12)3-4-10(8)13;1-2-3(4)5/h3,5,9H,2,7-8H2,1H3,(H,17,18);3-4,7H,2,5-6H2,1H3;1H,(H,4,5). The molecule has 0 saturated heterocycles. The van der Waals surface area contributed by atoms with Crippen molar-refractivity contribution in [2.45, 2.75) is 39.5 Å². The molecule has 0 radical (unpaired) electrons. The molecule has 2 amide bonds. The van der Waals surface area contributed by atoms with Gasteiger partial charge in [-0.3, -0.25) is 9.59 Å². The molecule has 0 unspecified atom stereocenters. The first kappa shape index (κ1) is 29.4. The molecule has 0 fully saturated rings. The van der Waals surface area contributed by atoms with Gasteiger partial charge in [0.05, 0.1) is 0 Å². The van der Waals surface area contributed by atoms with Crippen molar-refractivity contribution in [2.75, 3.05) is 22.9 Å². The minimum atomic E-state index is -1.22. The summed E-state index contributed by atoms with van der Waals surface area (Å²) in [5.41, 5.74) is 5.05. The van der Waals surface area contributed by atoms with Crippen LogP contribution in [-0.2, 0) is 32.0 Å². The van der Waals surface area contributed by atoms with Gasteiger partial charge in [-0.25, -0.2) is 9.59 Å². The lowest BCUT2D eigenvalue weighted by atomic mass is 10.1. The second kappa shape index (κ2) is 14.0. The lowest BCUT2D eigenvalue weighted by molar-refractivity contribution is -0.131. The summed E-state index contributed by atoms with van der Waals surface area (Å²) in [6.07, 6.45) is 7.19. The highest BCUT2D eigenvalue weighted by Crippen LogP contribution is 2.30. The Morgan fingerprint density at radius 3 is 1.81 bits per heavy atom. The van der Waals surface area contributed by atoms with E-state index in [4.69, 9.17) is 15.0 Å². The average Bonchev–Trinajstić information content (AvgIpc) is 3.50. The number of anilines is 2. The summed E-state index contributed by atoms with van der Waals surface area (Å²) in [6.45, 7) is 5.29. The van der Waals surface area contributed by atoms with Gasteiger partial charge < -0.3 is 20.0 Å². The van der Waals surface area contributed by atoms with Crippen molar-refractivity contribution in [3.8, 4) is 24.2 Å². The van der Waals surface area contributed by atoms with E-state index in [0.29, 0.717) is 24.9 Å². The molecule has 9 heteroatoms. The van der Waals surface area contributed by atoms with Gasteiger partial charge in [0, 0.05) is 58.3 Å². The Bertz CT molecular complexity index is 1300. The third-order valence-electron chi connectivity index (χ3n) is 5.56. The first-order chi connectivity index (χ1) is 17.6. The number of rotatable bonds is 2. The lowest BCUT2D eigenvalue weighted by Crippen LogP contribution is -2.27. The number of carboxylic acid groups (broad SMARTS) is 2. The Labute approximate surface area is 229 Å². The van der Waals surface area contributed by atoms with Gasteiger partial charge in [-0.15, -0.1) is 6.42 Å². The fraction of sp³-hybridized carbons (Fsp3) is 0.286. The fourth-order valence-corrected chi connectivity index (χ4v) is 4.43. The quantitative estimate of drug-likeness (QED) is 0.394. The molecular weight excluding hydrogens is 587 g/mol. The van der Waals surface area contributed by atoms with E-state index in [2.05, 4.69) is 59.1 Å². The second-order valence-electron chi connectivity index (χ2n) is 7.92. The molecule has 37 heavy (non-hydrogen) atoms. The highest BCUT2D eigenvalue weighted by molar-refractivity contribution is 14.1. The minimum Gasteiger partial charge on any atom is -0.472 e. The van der Waals surface area contributed by atoms with Crippen LogP contribution in [0.4, 0.5) is 11.4 Å². The van der Waals surface area contributed by atoms with Crippen LogP contribution in [0, 0.1) is 27.8 Å². The van der Waals surface area contributed by atoms with E-state index in [0.717, 1.165) is 36.3 Å². The molecule has 8 nitrogen and oxygen atoms in total. The molecule has 0 atom stereocenters. The highest BCUT2D eigenvalue weighted by Gasteiger charge is 2.24. The fourth-order valence-electron chi connectivity index (χ4n) is 3.88. The number of terminal acetylenes is 1. The Balaban J connectivity index is 0.000000225. The summed E-state index contributed by atoms with van der Waals surface area (Å²) in [5.74, 6) is 4.09. The van der Waals surface area contributed by atoms with E-state index in [1.54, 1.807) is 11.0 Å². The molecule has 4 rings (SSSR count). The van der Waals surface area contributed by atoms with Crippen LogP contribution in [0.3, 0.4) is 0 Å². The van der Waals surface area contributed by atoms with E-state index in [1.165, 1.54) is 15.1 Å². The van der Waals surface area contributed by atoms with Crippen LogP contribution in [0.1, 0.15) is 43.4 Å². The number of fused-ring (bicyclic) bond motifs is 2. The SMILES string of the molecule is C#CC(=O)O.CCC(=O)N1CCc2cc(C#CC(=O)O)ccc21.CCC(=O)N1CCc2cc(I)ccc21. The molecule has 2 aliphatic rings. The maximum atomic E-state index is 11.7. The van der Waals surface area contributed by atoms with Gasteiger partial charge in [0.1, 0.15) is 0 Å². The average molecular weight is 614 g/mol. The van der Waals surface area contributed by atoms with Crippen molar-refractivity contribution in [3.05, 3.63) is 56.7 Å². The zero-order valence-corrected chi connectivity index (χ0v) is 22.7. The molecule has 2 N–H and O–H groups in total. The Morgan fingerprint density at radius 1 is 0.865 bits per heavy atom.